The summed E-state index contributed by atoms with van der Waals surface area (Å²) in [6, 6.07) is 0. The molecule has 0 fully saturated rings. The van der Waals surface area contributed by atoms with E-state index in [1.807, 2.05) is 20.8 Å². The van der Waals surface area contributed by atoms with Crippen LogP contribution in [-0.2, 0) is 10.2 Å². The minimum absolute atomic E-state index is 0.200. The molecular weight excluding hydrogens is 199 g/mol. The van der Waals surface area contributed by atoms with Crippen molar-refractivity contribution in [2.24, 2.45) is 0 Å². The first-order valence-electron chi connectivity index (χ1n) is 4.47. The zero-order valence-electron chi connectivity index (χ0n) is 9.17. The Morgan fingerprint density at radius 2 is 2.07 bits per heavy atom. The SMILES string of the molecule is COC(=O)c1cnc(F)nc1C(C)(C)C. The molecule has 0 radical (unpaired) electrons. The minimum atomic E-state index is -0.840. The first-order chi connectivity index (χ1) is 6.86. The number of carbonyl (C=O) groups excluding carboxylic acids is 1. The zero-order chi connectivity index (χ0) is 11.6. The van der Waals surface area contributed by atoms with Gasteiger partial charge in [-0.1, -0.05) is 20.8 Å². The molecule has 0 aliphatic heterocycles. The van der Waals surface area contributed by atoms with E-state index in [1.165, 1.54) is 7.11 Å². The summed E-state index contributed by atoms with van der Waals surface area (Å²) in [6.07, 6.45) is 0.307. The molecule has 0 saturated heterocycles. The van der Waals surface area contributed by atoms with Crippen LogP contribution in [0.15, 0.2) is 6.20 Å². The maximum atomic E-state index is 12.9. The van der Waals surface area contributed by atoms with Crippen molar-refractivity contribution < 1.29 is 13.9 Å². The molecule has 0 atom stereocenters. The lowest BCUT2D eigenvalue weighted by Gasteiger charge is -2.19. The molecular formula is C10H13FN2O2. The lowest BCUT2D eigenvalue weighted by molar-refractivity contribution is 0.0596. The maximum absolute atomic E-state index is 12.9. The number of hydrogen-bond acceptors (Lipinski definition) is 4. The van der Waals surface area contributed by atoms with Crippen molar-refractivity contribution in [2.75, 3.05) is 7.11 Å². The van der Waals surface area contributed by atoms with Crippen molar-refractivity contribution >= 4 is 5.97 Å². The van der Waals surface area contributed by atoms with E-state index in [1.54, 1.807) is 0 Å². The summed E-state index contributed by atoms with van der Waals surface area (Å²) in [6.45, 7) is 5.50. The molecule has 0 saturated carbocycles. The van der Waals surface area contributed by atoms with Gasteiger partial charge in [0.2, 0.25) is 0 Å². The van der Waals surface area contributed by atoms with Gasteiger partial charge in [0.05, 0.1) is 12.8 Å². The molecule has 5 heteroatoms. The second-order valence-electron chi connectivity index (χ2n) is 4.14. The highest BCUT2D eigenvalue weighted by Gasteiger charge is 2.25. The minimum Gasteiger partial charge on any atom is -0.465 e. The Hall–Kier alpha value is -1.52. The second kappa shape index (κ2) is 3.92. The van der Waals surface area contributed by atoms with Crippen molar-refractivity contribution in [2.45, 2.75) is 26.2 Å². The van der Waals surface area contributed by atoms with E-state index in [4.69, 9.17) is 0 Å². The summed E-state index contributed by atoms with van der Waals surface area (Å²) in [5.74, 6) is -0.556. The molecule has 1 heterocycles. The third kappa shape index (κ3) is 2.49. The number of aromatic nitrogens is 2. The van der Waals surface area contributed by atoms with Crippen LogP contribution in [0.2, 0.25) is 0 Å². The van der Waals surface area contributed by atoms with E-state index in [9.17, 15) is 9.18 Å². The number of carbonyl (C=O) groups is 1. The lowest BCUT2D eigenvalue weighted by atomic mass is 9.89. The molecule has 0 amide bonds. The van der Waals surface area contributed by atoms with Crippen molar-refractivity contribution in [3.8, 4) is 0 Å². The number of esters is 1. The molecule has 82 valence electrons. The fraction of sp³-hybridized carbons (Fsp3) is 0.500. The van der Waals surface area contributed by atoms with Crippen LogP contribution in [0.4, 0.5) is 4.39 Å². The van der Waals surface area contributed by atoms with Gasteiger partial charge in [-0.2, -0.15) is 4.39 Å². The largest absolute Gasteiger partial charge is 0.465 e. The van der Waals surface area contributed by atoms with Crippen LogP contribution in [0.5, 0.6) is 0 Å². The zero-order valence-corrected chi connectivity index (χ0v) is 9.17. The van der Waals surface area contributed by atoms with Gasteiger partial charge in [0, 0.05) is 11.6 Å². The third-order valence-electron chi connectivity index (χ3n) is 1.88. The molecule has 0 N–H and O–H groups in total. The van der Waals surface area contributed by atoms with Gasteiger partial charge in [0.1, 0.15) is 5.56 Å². The Bertz CT molecular complexity index is 385. The van der Waals surface area contributed by atoms with Crippen LogP contribution in [0.3, 0.4) is 0 Å². The predicted molar refractivity (Wildman–Crippen MR) is 52.0 cm³/mol. The van der Waals surface area contributed by atoms with Crippen LogP contribution in [0.1, 0.15) is 36.8 Å². The summed E-state index contributed by atoms with van der Waals surface area (Å²) in [5.41, 5.74) is 0.112. The molecule has 1 aromatic heterocycles. The molecule has 0 bridgehead atoms. The standard InChI is InChI=1S/C10H13FN2O2/c1-10(2,3)7-6(8(14)15-4)5-12-9(11)13-7/h5H,1-4H3. The highest BCUT2D eigenvalue weighted by molar-refractivity contribution is 5.90. The highest BCUT2D eigenvalue weighted by Crippen LogP contribution is 2.23. The van der Waals surface area contributed by atoms with Gasteiger partial charge in [0.15, 0.2) is 0 Å². The number of ether oxygens (including phenoxy) is 1. The second-order valence-corrected chi connectivity index (χ2v) is 4.14. The Morgan fingerprint density at radius 3 is 2.53 bits per heavy atom. The van der Waals surface area contributed by atoms with Crippen molar-refractivity contribution in [1.82, 2.24) is 9.97 Å². The average molecular weight is 212 g/mol. The van der Waals surface area contributed by atoms with Crippen LogP contribution in [0.25, 0.3) is 0 Å². The van der Waals surface area contributed by atoms with Gasteiger partial charge in [-0.15, -0.1) is 0 Å². The van der Waals surface area contributed by atoms with Crippen molar-refractivity contribution in [3.05, 3.63) is 23.5 Å². The molecule has 15 heavy (non-hydrogen) atoms. The summed E-state index contributed by atoms with van der Waals surface area (Å²) in [7, 11) is 1.26. The normalized spacial score (nSPS) is 11.3. The number of rotatable bonds is 1. The van der Waals surface area contributed by atoms with E-state index in [2.05, 4.69) is 14.7 Å². The third-order valence-corrected chi connectivity index (χ3v) is 1.88. The fourth-order valence-corrected chi connectivity index (χ4v) is 1.19. The highest BCUT2D eigenvalue weighted by atomic mass is 19.1. The molecule has 0 spiro atoms. The maximum Gasteiger partial charge on any atom is 0.341 e. The molecule has 0 aromatic carbocycles. The van der Waals surface area contributed by atoms with Gasteiger partial charge < -0.3 is 4.74 Å². The summed E-state index contributed by atoms with van der Waals surface area (Å²) in [4.78, 5) is 18.3. The predicted octanol–water partition coefficient (Wildman–Crippen LogP) is 1.70. The fourth-order valence-electron chi connectivity index (χ4n) is 1.19. The number of nitrogens with zero attached hydrogens (tertiary/aromatic N) is 2. The Morgan fingerprint density at radius 1 is 1.47 bits per heavy atom. The van der Waals surface area contributed by atoms with E-state index in [0.717, 1.165) is 6.20 Å². The molecule has 1 aromatic rings. The van der Waals surface area contributed by atoms with E-state index in [-0.39, 0.29) is 5.56 Å². The van der Waals surface area contributed by atoms with Crippen LogP contribution in [-0.4, -0.2) is 23.0 Å². The molecule has 1 rings (SSSR count). The van der Waals surface area contributed by atoms with Gasteiger partial charge >= 0.3 is 12.0 Å². The summed E-state index contributed by atoms with van der Waals surface area (Å²) >= 11 is 0. The van der Waals surface area contributed by atoms with Crippen molar-refractivity contribution in [1.29, 1.82) is 0 Å². The Labute approximate surface area is 87.5 Å². The van der Waals surface area contributed by atoms with E-state index < -0.39 is 17.5 Å². The van der Waals surface area contributed by atoms with E-state index in [0.29, 0.717) is 5.69 Å². The quantitative estimate of drug-likeness (QED) is 0.525. The Balaban J connectivity index is 3.33. The van der Waals surface area contributed by atoms with Gasteiger partial charge in [0.25, 0.3) is 0 Å². The first kappa shape index (κ1) is 11.6. The van der Waals surface area contributed by atoms with Gasteiger partial charge in [-0.25, -0.2) is 14.8 Å². The topological polar surface area (TPSA) is 52.1 Å². The number of hydrogen-bond donors (Lipinski definition) is 0. The molecule has 4 nitrogen and oxygen atoms in total. The number of halogens is 1. The van der Waals surface area contributed by atoms with E-state index >= 15 is 0 Å². The average Bonchev–Trinajstić information content (AvgIpc) is 2.15. The monoisotopic (exact) mass is 212 g/mol. The van der Waals surface area contributed by atoms with Crippen LogP contribution in [0, 0.1) is 6.08 Å². The van der Waals surface area contributed by atoms with Crippen LogP contribution < -0.4 is 0 Å². The summed E-state index contributed by atoms with van der Waals surface area (Å²) in [5, 5.41) is 0. The first-order valence-corrected chi connectivity index (χ1v) is 4.47. The molecule has 0 aliphatic rings. The Kier molecular flexibility index (Phi) is 3.02. The molecule has 0 unspecified atom stereocenters. The smallest absolute Gasteiger partial charge is 0.341 e. The number of methoxy groups -OCH3 is 1. The molecule has 0 aliphatic carbocycles. The van der Waals surface area contributed by atoms with Crippen molar-refractivity contribution in [3.63, 3.8) is 0 Å². The lowest BCUT2D eigenvalue weighted by Crippen LogP contribution is -2.21. The van der Waals surface area contributed by atoms with Crippen LogP contribution >= 0.6 is 0 Å². The summed E-state index contributed by atoms with van der Waals surface area (Å²) < 4.78 is 17.4. The van der Waals surface area contributed by atoms with Gasteiger partial charge in [-0.05, 0) is 0 Å². The van der Waals surface area contributed by atoms with Gasteiger partial charge in [-0.3, -0.25) is 0 Å².